The summed E-state index contributed by atoms with van der Waals surface area (Å²) in [6.45, 7) is 14.3. The van der Waals surface area contributed by atoms with Gasteiger partial charge in [-0.2, -0.15) is 0 Å². The first-order chi connectivity index (χ1) is 9.90. The summed E-state index contributed by atoms with van der Waals surface area (Å²) >= 11 is 6.54. The van der Waals surface area contributed by atoms with Crippen molar-refractivity contribution in [3.05, 3.63) is 28.3 Å². The van der Waals surface area contributed by atoms with Crippen LogP contribution < -0.4 is 10.2 Å². The monoisotopic (exact) mass is 308 g/mol. The van der Waals surface area contributed by atoms with Gasteiger partial charge in [-0.05, 0) is 56.3 Å². The van der Waals surface area contributed by atoms with E-state index in [4.69, 9.17) is 11.6 Å². The van der Waals surface area contributed by atoms with Crippen LogP contribution in [-0.4, -0.2) is 18.6 Å². The fraction of sp³-hybridized carbons (Fsp3) is 0.667. The summed E-state index contributed by atoms with van der Waals surface area (Å²) in [7, 11) is 0. The van der Waals surface area contributed by atoms with Crippen LogP contribution in [0.4, 0.5) is 5.69 Å². The molecule has 118 valence electrons. The van der Waals surface area contributed by atoms with Crippen LogP contribution in [0.5, 0.6) is 0 Å². The average molecular weight is 309 g/mol. The molecular weight excluding hydrogens is 280 g/mol. The van der Waals surface area contributed by atoms with Crippen molar-refractivity contribution >= 4 is 17.3 Å². The standard InChI is InChI=1S/C18H29ClN2/c1-6-8-21-17-10-16(19)14(12-20-7-2)9-15(17)13(3)11-18(21,4)5/h9-10,13,20H,6-8,11-12H2,1-5H3. The summed E-state index contributed by atoms with van der Waals surface area (Å²) < 4.78 is 0. The third kappa shape index (κ3) is 3.37. The molecule has 3 heteroatoms. The van der Waals surface area contributed by atoms with Gasteiger partial charge in [0.05, 0.1) is 0 Å². The smallest absolute Gasteiger partial charge is 0.0471 e. The molecule has 2 rings (SSSR count). The SMILES string of the molecule is CCCN1c2cc(Cl)c(CNCC)cc2C(C)CC1(C)C. The highest BCUT2D eigenvalue weighted by Crippen LogP contribution is 2.45. The van der Waals surface area contributed by atoms with Crippen molar-refractivity contribution in [2.45, 2.75) is 65.5 Å². The predicted octanol–water partition coefficient (Wildman–Crippen LogP) is 4.95. The Morgan fingerprint density at radius 1 is 1.33 bits per heavy atom. The van der Waals surface area contributed by atoms with Crippen LogP contribution in [0.25, 0.3) is 0 Å². The van der Waals surface area contributed by atoms with Crippen LogP contribution in [0, 0.1) is 0 Å². The van der Waals surface area contributed by atoms with E-state index in [1.54, 1.807) is 0 Å². The first-order valence-corrected chi connectivity index (χ1v) is 8.59. The number of nitrogens with zero attached hydrogens (tertiary/aromatic N) is 1. The third-order valence-electron chi connectivity index (χ3n) is 4.57. The molecule has 0 aromatic heterocycles. The summed E-state index contributed by atoms with van der Waals surface area (Å²) in [4.78, 5) is 2.55. The summed E-state index contributed by atoms with van der Waals surface area (Å²) in [6.07, 6.45) is 2.36. The lowest BCUT2D eigenvalue weighted by atomic mass is 9.79. The molecule has 1 unspecified atom stereocenters. The highest BCUT2D eigenvalue weighted by molar-refractivity contribution is 6.31. The lowest BCUT2D eigenvalue weighted by molar-refractivity contribution is 0.376. The van der Waals surface area contributed by atoms with E-state index in [2.05, 4.69) is 57.0 Å². The maximum atomic E-state index is 6.54. The van der Waals surface area contributed by atoms with Crippen LogP contribution in [-0.2, 0) is 6.54 Å². The molecule has 1 aromatic rings. The zero-order valence-corrected chi connectivity index (χ0v) is 14.8. The largest absolute Gasteiger partial charge is 0.366 e. The third-order valence-corrected chi connectivity index (χ3v) is 4.92. The van der Waals surface area contributed by atoms with Crippen molar-refractivity contribution in [1.82, 2.24) is 5.32 Å². The number of nitrogens with one attached hydrogen (secondary N) is 1. The van der Waals surface area contributed by atoms with Gasteiger partial charge >= 0.3 is 0 Å². The minimum atomic E-state index is 0.203. The molecule has 0 aliphatic carbocycles. The van der Waals surface area contributed by atoms with E-state index in [-0.39, 0.29) is 5.54 Å². The lowest BCUT2D eigenvalue weighted by Crippen LogP contribution is -2.48. The van der Waals surface area contributed by atoms with Gasteiger partial charge in [0.2, 0.25) is 0 Å². The first-order valence-electron chi connectivity index (χ1n) is 8.21. The zero-order chi connectivity index (χ0) is 15.6. The van der Waals surface area contributed by atoms with Gasteiger partial charge in [0.15, 0.2) is 0 Å². The van der Waals surface area contributed by atoms with E-state index in [1.165, 1.54) is 23.2 Å². The van der Waals surface area contributed by atoms with Gasteiger partial charge in [-0.1, -0.05) is 38.4 Å². The van der Waals surface area contributed by atoms with E-state index in [9.17, 15) is 0 Å². The van der Waals surface area contributed by atoms with Crippen molar-refractivity contribution in [2.24, 2.45) is 0 Å². The molecule has 0 saturated carbocycles. The first kappa shape index (κ1) is 16.6. The topological polar surface area (TPSA) is 15.3 Å². The number of fused-ring (bicyclic) bond motifs is 1. The minimum Gasteiger partial charge on any atom is -0.366 e. The maximum Gasteiger partial charge on any atom is 0.0471 e. The number of halogens is 1. The van der Waals surface area contributed by atoms with E-state index >= 15 is 0 Å². The quantitative estimate of drug-likeness (QED) is 0.827. The predicted molar refractivity (Wildman–Crippen MR) is 93.6 cm³/mol. The van der Waals surface area contributed by atoms with Gasteiger partial charge in [0.1, 0.15) is 0 Å². The Kier molecular flexibility index (Phi) is 5.21. The molecule has 0 spiro atoms. The molecule has 1 N–H and O–H groups in total. The van der Waals surface area contributed by atoms with Crippen molar-refractivity contribution < 1.29 is 0 Å². The highest BCUT2D eigenvalue weighted by atomic mass is 35.5. The second kappa shape index (κ2) is 6.58. The number of rotatable bonds is 5. The molecule has 0 bridgehead atoms. The zero-order valence-electron chi connectivity index (χ0n) is 14.1. The molecule has 21 heavy (non-hydrogen) atoms. The minimum absolute atomic E-state index is 0.203. The van der Waals surface area contributed by atoms with Gasteiger partial charge in [-0.15, -0.1) is 0 Å². The van der Waals surface area contributed by atoms with Crippen LogP contribution in [0.1, 0.15) is 64.5 Å². The molecule has 1 aromatic carbocycles. The summed E-state index contributed by atoms with van der Waals surface area (Å²) in [6, 6.07) is 4.51. The van der Waals surface area contributed by atoms with Crippen molar-refractivity contribution in [1.29, 1.82) is 0 Å². The van der Waals surface area contributed by atoms with Gasteiger partial charge in [-0.25, -0.2) is 0 Å². The molecule has 2 nitrogen and oxygen atoms in total. The Labute approximate surface area is 134 Å². The molecule has 1 heterocycles. The molecule has 0 radical (unpaired) electrons. The second-order valence-electron chi connectivity index (χ2n) is 6.85. The molecule has 1 aliphatic rings. The molecule has 1 atom stereocenters. The normalized spacial score (nSPS) is 20.5. The van der Waals surface area contributed by atoms with Crippen molar-refractivity contribution in [3.8, 4) is 0 Å². The number of anilines is 1. The number of benzene rings is 1. The fourth-order valence-electron chi connectivity index (χ4n) is 3.59. The van der Waals surface area contributed by atoms with Crippen molar-refractivity contribution in [2.75, 3.05) is 18.0 Å². The summed E-state index contributed by atoms with van der Waals surface area (Å²) in [5.74, 6) is 0.584. The van der Waals surface area contributed by atoms with Crippen LogP contribution in [0.3, 0.4) is 0 Å². The Morgan fingerprint density at radius 2 is 2.05 bits per heavy atom. The van der Waals surface area contributed by atoms with E-state index < -0.39 is 0 Å². The van der Waals surface area contributed by atoms with E-state index in [1.807, 2.05) is 0 Å². The lowest BCUT2D eigenvalue weighted by Gasteiger charge is -2.48. The fourth-order valence-corrected chi connectivity index (χ4v) is 3.82. The van der Waals surface area contributed by atoms with Crippen LogP contribution >= 0.6 is 11.6 Å². The average Bonchev–Trinajstić information content (AvgIpc) is 2.41. The van der Waals surface area contributed by atoms with E-state index in [0.29, 0.717) is 5.92 Å². The van der Waals surface area contributed by atoms with Gasteiger partial charge in [0.25, 0.3) is 0 Å². The summed E-state index contributed by atoms with van der Waals surface area (Å²) in [5.41, 5.74) is 4.22. The highest BCUT2D eigenvalue weighted by Gasteiger charge is 2.36. The molecule has 0 amide bonds. The van der Waals surface area contributed by atoms with Gasteiger partial charge < -0.3 is 10.2 Å². The van der Waals surface area contributed by atoms with Gasteiger partial charge in [-0.3, -0.25) is 0 Å². The van der Waals surface area contributed by atoms with Crippen molar-refractivity contribution in [3.63, 3.8) is 0 Å². The van der Waals surface area contributed by atoms with Crippen LogP contribution in [0.15, 0.2) is 12.1 Å². The maximum absolute atomic E-state index is 6.54. The molecular formula is C18H29ClN2. The van der Waals surface area contributed by atoms with E-state index in [0.717, 1.165) is 31.1 Å². The Morgan fingerprint density at radius 3 is 2.67 bits per heavy atom. The Hall–Kier alpha value is -0.730. The number of hydrogen-bond donors (Lipinski definition) is 1. The van der Waals surface area contributed by atoms with Crippen LogP contribution in [0.2, 0.25) is 5.02 Å². The molecule has 1 aliphatic heterocycles. The van der Waals surface area contributed by atoms with Gasteiger partial charge in [0, 0.05) is 29.3 Å². The Balaban J connectivity index is 2.45. The molecule has 0 fully saturated rings. The Bertz CT molecular complexity index is 496. The second-order valence-corrected chi connectivity index (χ2v) is 7.26. The number of hydrogen-bond acceptors (Lipinski definition) is 2. The molecule has 0 saturated heterocycles. The summed E-state index contributed by atoms with van der Waals surface area (Å²) in [5, 5.41) is 4.27.